The molecule has 0 radical (unpaired) electrons. The van der Waals surface area contributed by atoms with Gasteiger partial charge in [-0.1, -0.05) is 53.1 Å². The second kappa shape index (κ2) is 6.25. The molecule has 20 heavy (non-hydrogen) atoms. The molecule has 0 unspecified atom stereocenters. The van der Waals surface area contributed by atoms with Crippen LogP contribution in [0.15, 0.2) is 36.4 Å². The molecule has 0 saturated heterocycles. The zero-order valence-corrected chi connectivity index (χ0v) is 13.0. The van der Waals surface area contributed by atoms with Crippen LogP contribution in [0.25, 0.3) is 0 Å². The zero-order chi connectivity index (χ0) is 14.7. The number of hydrogen-bond donors (Lipinski definition) is 1. The molecule has 0 bridgehead atoms. The molecule has 2 rings (SSSR count). The van der Waals surface area contributed by atoms with Gasteiger partial charge in [-0.05, 0) is 37.6 Å². The summed E-state index contributed by atoms with van der Waals surface area (Å²) in [5.74, 6) is 0.703. The Kier molecular flexibility index (Phi) is 4.63. The lowest BCUT2D eigenvalue weighted by atomic mass is 10.1. The van der Waals surface area contributed by atoms with Crippen LogP contribution in [0.1, 0.15) is 22.3 Å². The van der Waals surface area contributed by atoms with Crippen LogP contribution >= 0.6 is 23.8 Å². The SMILES string of the molecule is Cc1cc(C)cc(COc2ccc(C(N)=S)c(Cl)c2)c1. The van der Waals surface area contributed by atoms with Crippen molar-refractivity contribution in [3.63, 3.8) is 0 Å². The van der Waals surface area contributed by atoms with Gasteiger partial charge in [0, 0.05) is 5.56 Å². The number of ether oxygens (including phenoxy) is 1. The molecule has 104 valence electrons. The number of aryl methyl sites for hydroxylation is 2. The third kappa shape index (κ3) is 3.71. The summed E-state index contributed by atoms with van der Waals surface area (Å²) in [6.07, 6.45) is 0. The minimum atomic E-state index is 0.288. The van der Waals surface area contributed by atoms with E-state index in [2.05, 4.69) is 32.0 Å². The van der Waals surface area contributed by atoms with Gasteiger partial charge in [0.2, 0.25) is 0 Å². The highest BCUT2D eigenvalue weighted by molar-refractivity contribution is 7.80. The number of nitrogens with two attached hydrogens (primary N) is 1. The van der Waals surface area contributed by atoms with Gasteiger partial charge in [0.15, 0.2) is 0 Å². The zero-order valence-electron chi connectivity index (χ0n) is 11.4. The monoisotopic (exact) mass is 305 g/mol. The molecule has 0 aromatic heterocycles. The molecular weight excluding hydrogens is 290 g/mol. The Balaban J connectivity index is 2.11. The first-order valence-corrected chi connectivity index (χ1v) is 7.03. The molecule has 0 aliphatic rings. The van der Waals surface area contributed by atoms with Gasteiger partial charge in [-0.25, -0.2) is 0 Å². The van der Waals surface area contributed by atoms with Gasteiger partial charge in [0.05, 0.1) is 5.02 Å². The summed E-state index contributed by atoms with van der Waals surface area (Å²) in [5, 5.41) is 0.510. The van der Waals surface area contributed by atoms with E-state index in [1.54, 1.807) is 12.1 Å². The van der Waals surface area contributed by atoms with Crippen molar-refractivity contribution >= 4 is 28.8 Å². The molecular formula is C16H16ClNOS. The van der Waals surface area contributed by atoms with Crippen LogP contribution in [0, 0.1) is 13.8 Å². The van der Waals surface area contributed by atoms with Gasteiger partial charge in [0.25, 0.3) is 0 Å². The fourth-order valence-corrected chi connectivity index (χ4v) is 2.61. The highest BCUT2D eigenvalue weighted by Gasteiger charge is 2.05. The summed E-state index contributed by atoms with van der Waals surface area (Å²) < 4.78 is 5.75. The van der Waals surface area contributed by atoms with E-state index < -0.39 is 0 Å². The number of benzene rings is 2. The summed E-state index contributed by atoms with van der Waals surface area (Å²) in [6.45, 7) is 4.65. The van der Waals surface area contributed by atoms with Crippen LogP contribution in [0.3, 0.4) is 0 Å². The van der Waals surface area contributed by atoms with E-state index in [0.29, 0.717) is 22.9 Å². The number of rotatable bonds is 4. The van der Waals surface area contributed by atoms with Gasteiger partial charge in [-0.15, -0.1) is 0 Å². The number of thiocarbonyl (C=S) groups is 1. The van der Waals surface area contributed by atoms with Gasteiger partial charge >= 0.3 is 0 Å². The first-order chi connectivity index (χ1) is 9.45. The minimum absolute atomic E-state index is 0.288. The maximum absolute atomic E-state index is 6.11. The molecule has 0 amide bonds. The van der Waals surface area contributed by atoms with Crippen molar-refractivity contribution in [3.05, 3.63) is 63.7 Å². The molecule has 0 fully saturated rings. The van der Waals surface area contributed by atoms with E-state index in [4.69, 9.17) is 34.3 Å². The Morgan fingerprint density at radius 1 is 1.15 bits per heavy atom. The van der Waals surface area contributed by atoms with E-state index in [1.807, 2.05) is 6.07 Å². The molecule has 2 aromatic carbocycles. The fourth-order valence-electron chi connectivity index (χ4n) is 2.10. The first-order valence-electron chi connectivity index (χ1n) is 6.25. The Hall–Kier alpha value is -1.58. The average Bonchev–Trinajstić information content (AvgIpc) is 2.35. The molecule has 2 aromatic rings. The summed E-state index contributed by atoms with van der Waals surface area (Å²) in [4.78, 5) is 0.288. The van der Waals surface area contributed by atoms with Gasteiger partial charge < -0.3 is 10.5 Å². The Morgan fingerprint density at radius 3 is 2.35 bits per heavy atom. The standard InChI is InChI=1S/C16H16ClNOS/c1-10-5-11(2)7-12(6-10)9-19-13-3-4-14(16(18)20)15(17)8-13/h3-8H,9H2,1-2H3,(H2,18,20). The largest absolute Gasteiger partial charge is 0.489 e. The number of hydrogen-bond acceptors (Lipinski definition) is 2. The third-order valence-corrected chi connectivity index (χ3v) is 3.43. The Bertz CT molecular complexity index is 635. The highest BCUT2D eigenvalue weighted by atomic mass is 35.5. The van der Waals surface area contributed by atoms with E-state index in [9.17, 15) is 0 Å². The van der Waals surface area contributed by atoms with Crippen molar-refractivity contribution < 1.29 is 4.74 Å². The molecule has 0 spiro atoms. The third-order valence-electron chi connectivity index (χ3n) is 2.89. The maximum atomic E-state index is 6.11. The predicted octanol–water partition coefficient (Wildman–Crippen LogP) is 4.17. The molecule has 2 N–H and O–H groups in total. The van der Waals surface area contributed by atoms with Gasteiger partial charge in [-0.2, -0.15) is 0 Å². The van der Waals surface area contributed by atoms with Crippen molar-refractivity contribution in [1.29, 1.82) is 0 Å². The Morgan fingerprint density at radius 2 is 1.80 bits per heavy atom. The van der Waals surface area contributed by atoms with Gasteiger partial charge in [-0.3, -0.25) is 0 Å². The lowest BCUT2D eigenvalue weighted by molar-refractivity contribution is 0.306. The van der Waals surface area contributed by atoms with Crippen molar-refractivity contribution in [2.75, 3.05) is 0 Å². The van der Waals surface area contributed by atoms with Crippen LogP contribution < -0.4 is 10.5 Å². The van der Waals surface area contributed by atoms with Crippen molar-refractivity contribution in [2.45, 2.75) is 20.5 Å². The molecule has 0 heterocycles. The van der Waals surface area contributed by atoms with Crippen LogP contribution in [-0.2, 0) is 6.61 Å². The van der Waals surface area contributed by atoms with Crippen molar-refractivity contribution in [2.24, 2.45) is 5.73 Å². The second-order valence-electron chi connectivity index (χ2n) is 4.79. The predicted molar refractivity (Wildman–Crippen MR) is 87.6 cm³/mol. The molecule has 0 aliphatic heterocycles. The maximum Gasteiger partial charge on any atom is 0.121 e. The topological polar surface area (TPSA) is 35.2 Å². The van der Waals surface area contributed by atoms with Crippen LogP contribution in [-0.4, -0.2) is 4.99 Å². The van der Waals surface area contributed by atoms with E-state index in [0.717, 1.165) is 5.56 Å². The highest BCUT2D eigenvalue weighted by Crippen LogP contribution is 2.23. The minimum Gasteiger partial charge on any atom is -0.489 e. The first kappa shape index (κ1) is 14.8. The normalized spacial score (nSPS) is 10.3. The Labute approximate surface area is 129 Å². The quantitative estimate of drug-likeness (QED) is 0.861. The molecule has 0 saturated carbocycles. The van der Waals surface area contributed by atoms with Crippen LogP contribution in [0.4, 0.5) is 0 Å². The molecule has 0 atom stereocenters. The van der Waals surface area contributed by atoms with Crippen LogP contribution in [0.5, 0.6) is 5.75 Å². The summed E-state index contributed by atoms with van der Waals surface area (Å²) in [7, 11) is 0. The summed E-state index contributed by atoms with van der Waals surface area (Å²) in [6, 6.07) is 11.7. The fraction of sp³-hybridized carbons (Fsp3) is 0.188. The second-order valence-corrected chi connectivity index (χ2v) is 5.64. The van der Waals surface area contributed by atoms with E-state index in [1.165, 1.54) is 11.1 Å². The van der Waals surface area contributed by atoms with Crippen molar-refractivity contribution in [1.82, 2.24) is 0 Å². The molecule has 4 heteroatoms. The summed E-state index contributed by atoms with van der Waals surface area (Å²) in [5.41, 5.74) is 9.83. The average molecular weight is 306 g/mol. The lowest BCUT2D eigenvalue weighted by Gasteiger charge is -2.10. The summed E-state index contributed by atoms with van der Waals surface area (Å²) >= 11 is 11.0. The molecule has 2 nitrogen and oxygen atoms in total. The van der Waals surface area contributed by atoms with Crippen molar-refractivity contribution in [3.8, 4) is 5.75 Å². The number of halogens is 1. The van der Waals surface area contributed by atoms with E-state index >= 15 is 0 Å². The van der Waals surface area contributed by atoms with Crippen LogP contribution in [0.2, 0.25) is 5.02 Å². The van der Waals surface area contributed by atoms with E-state index in [-0.39, 0.29) is 4.99 Å². The van der Waals surface area contributed by atoms with Gasteiger partial charge in [0.1, 0.15) is 17.3 Å². The molecule has 0 aliphatic carbocycles. The smallest absolute Gasteiger partial charge is 0.121 e. The lowest BCUT2D eigenvalue weighted by Crippen LogP contribution is -2.09.